The van der Waals surface area contributed by atoms with Gasteiger partial charge in [-0.2, -0.15) is 0 Å². The third-order valence-electron chi connectivity index (χ3n) is 9.42. The van der Waals surface area contributed by atoms with Gasteiger partial charge >= 0.3 is 22.5 Å². The molecule has 3 unspecified atom stereocenters. The first-order valence-electron chi connectivity index (χ1n) is 16.3. The Bertz CT molecular complexity index is 2720. The highest BCUT2D eigenvalue weighted by Gasteiger charge is 2.44. The second-order valence-corrected chi connectivity index (χ2v) is 12.5. The molecule has 2 aliphatic rings. The summed E-state index contributed by atoms with van der Waals surface area (Å²) in [6.45, 7) is 16.5. The number of aromatic hydroxyl groups is 4. The maximum Gasteiger partial charge on any atom is 0.343 e. The smallest absolute Gasteiger partial charge is 0.343 e. The zero-order valence-electron chi connectivity index (χ0n) is 28.1. The van der Waals surface area contributed by atoms with Crippen molar-refractivity contribution in [1.29, 1.82) is 0 Å². The van der Waals surface area contributed by atoms with E-state index in [0.717, 1.165) is 24.3 Å². The van der Waals surface area contributed by atoms with E-state index in [1.165, 1.54) is 0 Å². The van der Waals surface area contributed by atoms with Gasteiger partial charge in [-0.15, -0.1) is 0 Å². The van der Waals surface area contributed by atoms with Gasteiger partial charge in [0.1, 0.15) is 45.3 Å². The van der Waals surface area contributed by atoms with Gasteiger partial charge in [0.25, 0.3) is 0 Å². The highest BCUT2D eigenvalue weighted by molar-refractivity contribution is 5.70. The van der Waals surface area contributed by atoms with Crippen molar-refractivity contribution in [2.24, 2.45) is 5.92 Å². The molecule has 12 heteroatoms. The molecule has 0 radical (unpaired) electrons. The summed E-state index contributed by atoms with van der Waals surface area (Å²) >= 11 is 0. The molecule has 0 saturated carbocycles. The van der Waals surface area contributed by atoms with E-state index >= 15 is 0 Å². The van der Waals surface area contributed by atoms with Gasteiger partial charge in [-0.25, -0.2) is 19.2 Å². The minimum Gasteiger partial charge on any atom is -0.507 e. The Labute approximate surface area is 293 Å². The van der Waals surface area contributed by atoms with Crippen LogP contribution in [0.15, 0.2) is 63.2 Å². The van der Waals surface area contributed by atoms with Crippen molar-refractivity contribution < 1.29 is 38.1 Å². The molecule has 0 saturated heterocycles. The summed E-state index contributed by atoms with van der Waals surface area (Å²) in [5, 5.41) is 47.7. The van der Waals surface area contributed by atoms with Gasteiger partial charge in [0.05, 0.1) is 43.8 Å². The van der Waals surface area contributed by atoms with Crippen molar-refractivity contribution in [2.75, 3.05) is 0 Å². The lowest BCUT2D eigenvalue weighted by atomic mass is 9.73. The van der Waals surface area contributed by atoms with Crippen LogP contribution in [0.1, 0.15) is 89.3 Å². The standard InChI is InChI=1S/C40H34O12/c1-6-19-23(8-3)49-37(45)29(33(19)41)27(31-35(43)21-12-10-11-13-25(21)51-39(31)47)28(30-34(42)20(7-2)24(9-4)50-38(30)46)32-36(44)22-16-14-18(5)15-17-26(22)52-40(32)48/h6-9,12-13,16-18,27-28,41-44H,1-4,10-11,14-15H2,5H3. The van der Waals surface area contributed by atoms with Gasteiger partial charge in [0, 0.05) is 11.8 Å². The van der Waals surface area contributed by atoms with Crippen LogP contribution >= 0.6 is 0 Å². The largest absolute Gasteiger partial charge is 0.507 e. The molecule has 0 aromatic carbocycles. The first-order chi connectivity index (χ1) is 24.9. The van der Waals surface area contributed by atoms with Gasteiger partial charge in [0.2, 0.25) is 0 Å². The average molecular weight is 707 g/mol. The lowest BCUT2D eigenvalue weighted by Crippen LogP contribution is -2.39. The molecule has 52 heavy (non-hydrogen) atoms. The average Bonchev–Trinajstić information content (AvgIpc) is 3.30. The maximum atomic E-state index is 14.2. The van der Waals surface area contributed by atoms with E-state index in [9.17, 15) is 39.6 Å². The van der Waals surface area contributed by atoms with E-state index in [0.29, 0.717) is 25.7 Å². The molecule has 12 nitrogen and oxygen atoms in total. The highest BCUT2D eigenvalue weighted by Crippen LogP contribution is 2.48. The van der Waals surface area contributed by atoms with Crippen LogP contribution < -0.4 is 43.8 Å². The molecule has 0 aliphatic heterocycles. The SMILES string of the molecule is C=Cc1oc(=O)c(C(c2c(O)c3c(oc2=O)=CCCC=3)C(c2c(O)c(C=C)c(C=C)oc2=O)c2c(O)c3c(oc2=O)=CCC(C)CC=3)c(O)c1C=C. The van der Waals surface area contributed by atoms with Crippen LogP contribution in [0, 0.1) is 5.92 Å². The van der Waals surface area contributed by atoms with Crippen molar-refractivity contribution in [3.63, 3.8) is 0 Å². The lowest BCUT2D eigenvalue weighted by molar-refractivity contribution is 0.368. The second kappa shape index (κ2) is 13.6. The van der Waals surface area contributed by atoms with Crippen LogP contribution in [0.25, 0.3) is 48.6 Å². The first kappa shape index (κ1) is 35.3. The van der Waals surface area contributed by atoms with Gasteiger partial charge in [-0.3, -0.25) is 0 Å². The fourth-order valence-corrected chi connectivity index (χ4v) is 6.89. The molecule has 4 aromatic rings. The molecule has 4 heterocycles. The zero-order chi connectivity index (χ0) is 37.6. The number of fused-ring (bicyclic) bond motifs is 2. The minimum atomic E-state index is -2.13. The molecule has 0 fully saturated rings. The summed E-state index contributed by atoms with van der Waals surface area (Å²) in [5.41, 5.74) is -8.45. The van der Waals surface area contributed by atoms with Crippen LogP contribution in [0.5, 0.6) is 23.0 Å². The molecule has 0 bridgehead atoms. The molecular weight excluding hydrogens is 672 g/mol. The van der Waals surface area contributed by atoms with E-state index < -0.39 is 79.6 Å². The summed E-state index contributed by atoms with van der Waals surface area (Å²) < 4.78 is 22.3. The number of hydrogen-bond donors (Lipinski definition) is 4. The fourth-order valence-electron chi connectivity index (χ4n) is 6.89. The quantitative estimate of drug-likeness (QED) is 0.198. The second-order valence-electron chi connectivity index (χ2n) is 12.5. The van der Waals surface area contributed by atoms with E-state index in [4.69, 9.17) is 17.7 Å². The van der Waals surface area contributed by atoms with Crippen LogP contribution in [0.2, 0.25) is 0 Å². The Morgan fingerprint density at radius 3 is 1.40 bits per heavy atom. The van der Waals surface area contributed by atoms with Crippen molar-refractivity contribution in [3.05, 3.63) is 134 Å². The topological polar surface area (TPSA) is 202 Å². The normalized spacial score (nSPS) is 15.9. The van der Waals surface area contributed by atoms with E-state index in [2.05, 4.69) is 26.3 Å². The molecule has 3 atom stereocenters. The van der Waals surface area contributed by atoms with Crippen LogP contribution in [-0.4, -0.2) is 20.4 Å². The summed E-state index contributed by atoms with van der Waals surface area (Å²) in [7, 11) is 0. The first-order valence-corrected chi connectivity index (χ1v) is 16.3. The number of rotatable bonds is 9. The lowest BCUT2D eigenvalue weighted by Gasteiger charge is -2.28. The Kier molecular flexibility index (Phi) is 9.25. The Morgan fingerprint density at radius 2 is 0.942 bits per heavy atom. The van der Waals surface area contributed by atoms with Gasteiger partial charge in [-0.05, 0) is 55.9 Å². The summed E-state index contributed by atoms with van der Waals surface area (Å²) in [6.07, 6.45) is 12.7. The molecule has 266 valence electrons. The summed E-state index contributed by atoms with van der Waals surface area (Å²) in [4.78, 5) is 56.4. The van der Waals surface area contributed by atoms with E-state index in [-0.39, 0.29) is 49.8 Å². The van der Waals surface area contributed by atoms with Gasteiger partial charge < -0.3 is 38.1 Å². The third-order valence-corrected chi connectivity index (χ3v) is 9.42. The predicted molar refractivity (Wildman–Crippen MR) is 195 cm³/mol. The minimum absolute atomic E-state index is 0.0103. The molecule has 2 aliphatic carbocycles. The third kappa shape index (κ3) is 5.58. The van der Waals surface area contributed by atoms with Gasteiger partial charge in [0.15, 0.2) is 0 Å². The monoisotopic (exact) mass is 706 g/mol. The Hall–Kier alpha value is -6.56. The zero-order valence-corrected chi connectivity index (χ0v) is 28.1. The van der Waals surface area contributed by atoms with Crippen LogP contribution in [0.4, 0.5) is 0 Å². The Balaban J connectivity index is 1.93. The molecular formula is C40H34O12. The van der Waals surface area contributed by atoms with E-state index in [1.54, 1.807) is 24.3 Å². The van der Waals surface area contributed by atoms with Crippen molar-refractivity contribution in [3.8, 4) is 23.0 Å². The highest BCUT2D eigenvalue weighted by atomic mass is 16.4. The number of hydrogen-bond acceptors (Lipinski definition) is 12. The van der Waals surface area contributed by atoms with Crippen molar-refractivity contribution in [1.82, 2.24) is 0 Å². The van der Waals surface area contributed by atoms with Gasteiger partial charge in [-0.1, -0.05) is 57.5 Å². The van der Waals surface area contributed by atoms with Crippen LogP contribution in [-0.2, 0) is 0 Å². The fraction of sp³-hybridized carbons (Fsp3) is 0.200. The van der Waals surface area contributed by atoms with Crippen molar-refractivity contribution >= 4 is 48.6 Å². The predicted octanol–water partition coefficient (Wildman–Crippen LogP) is 3.20. The molecule has 6 rings (SSSR count). The maximum absolute atomic E-state index is 14.2. The van der Waals surface area contributed by atoms with Crippen LogP contribution in [0.3, 0.4) is 0 Å². The molecule has 0 spiro atoms. The molecule has 0 amide bonds. The summed E-state index contributed by atoms with van der Waals surface area (Å²) in [6, 6.07) is 0. The van der Waals surface area contributed by atoms with E-state index in [1.807, 2.05) is 6.92 Å². The summed E-state index contributed by atoms with van der Waals surface area (Å²) in [5.74, 6) is -7.77. The Morgan fingerprint density at radius 1 is 0.558 bits per heavy atom. The molecule has 4 aromatic heterocycles. The van der Waals surface area contributed by atoms with Crippen molar-refractivity contribution in [2.45, 2.75) is 44.4 Å². The molecule has 4 N–H and O–H groups in total.